The van der Waals surface area contributed by atoms with Crippen molar-refractivity contribution in [2.45, 2.75) is 6.92 Å². The Kier molecular flexibility index (Phi) is 9.20. The molecule has 0 spiro atoms. The maximum absolute atomic E-state index is 15.3. The molecule has 9 aromatic rings. The van der Waals surface area contributed by atoms with Crippen LogP contribution < -0.4 is 14.5 Å². The third kappa shape index (κ3) is 6.22. The van der Waals surface area contributed by atoms with E-state index in [1.165, 1.54) is 6.07 Å². The van der Waals surface area contributed by atoms with E-state index < -0.39 is 0 Å². The van der Waals surface area contributed by atoms with E-state index in [2.05, 4.69) is 109 Å². The zero-order valence-electron chi connectivity index (χ0n) is 30.1. The number of ether oxygens (including phenoxy) is 1. The Morgan fingerprint density at radius 3 is 2.05 bits per heavy atom. The molecule has 56 heavy (non-hydrogen) atoms. The van der Waals surface area contributed by atoms with E-state index in [4.69, 9.17) is 9.72 Å². The number of aromatic nitrogens is 2. The van der Waals surface area contributed by atoms with Gasteiger partial charge in [0.2, 0.25) is 0 Å². The summed E-state index contributed by atoms with van der Waals surface area (Å²) in [6.07, 6.45) is 1.84. The van der Waals surface area contributed by atoms with Gasteiger partial charge in [-0.25, -0.2) is 9.37 Å². The number of halogens is 1. The Morgan fingerprint density at radius 1 is 0.589 bits per heavy atom. The number of nitrogens with zero attached hydrogens (tertiary/aromatic N) is 4. The van der Waals surface area contributed by atoms with E-state index in [-0.39, 0.29) is 26.9 Å². The summed E-state index contributed by atoms with van der Waals surface area (Å²) in [6.45, 7) is 3.98. The summed E-state index contributed by atoms with van der Waals surface area (Å²) in [6, 6.07) is 61.3. The molecular formula is C49H32FN4OPt-3. The van der Waals surface area contributed by atoms with Gasteiger partial charge in [0.15, 0.2) is 0 Å². The molecule has 0 amide bonds. The summed E-state index contributed by atoms with van der Waals surface area (Å²) in [5.74, 6) is 1.56. The van der Waals surface area contributed by atoms with Crippen LogP contribution in [0.2, 0.25) is 0 Å². The van der Waals surface area contributed by atoms with Crippen LogP contribution in [0.15, 0.2) is 170 Å². The summed E-state index contributed by atoms with van der Waals surface area (Å²) < 4.78 is 24.2. The number of para-hydroxylation sites is 4. The van der Waals surface area contributed by atoms with Crippen LogP contribution in [0, 0.1) is 31.5 Å². The van der Waals surface area contributed by atoms with Crippen molar-refractivity contribution in [3.63, 3.8) is 0 Å². The molecule has 0 saturated heterocycles. The van der Waals surface area contributed by atoms with Gasteiger partial charge < -0.3 is 19.1 Å². The molecule has 0 aliphatic carbocycles. The van der Waals surface area contributed by atoms with Crippen LogP contribution in [0.3, 0.4) is 0 Å². The molecule has 1 aliphatic rings. The number of fused-ring (bicyclic) bond motifs is 4. The van der Waals surface area contributed by atoms with Gasteiger partial charge in [0, 0.05) is 61.3 Å². The van der Waals surface area contributed by atoms with Gasteiger partial charge in [0.05, 0.1) is 0 Å². The van der Waals surface area contributed by atoms with Crippen molar-refractivity contribution < 1.29 is 30.2 Å². The number of rotatable bonds is 7. The fraction of sp³-hybridized carbons (Fsp3) is 0.0204. The molecule has 0 radical (unpaired) electrons. The maximum Gasteiger partial charge on any atom is 0.144 e. The van der Waals surface area contributed by atoms with Gasteiger partial charge in [-0.1, -0.05) is 103 Å². The molecule has 0 bridgehead atoms. The zero-order valence-corrected chi connectivity index (χ0v) is 32.4. The van der Waals surface area contributed by atoms with Crippen molar-refractivity contribution in [1.29, 1.82) is 0 Å². The van der Waals surface area contributed by atoms with Gasteiger partial charge >= 0.3 is 0 Å². The summed E-state index contributed by atoms with van der Waals surface area (Å²) >= 11 is 0. The molecule has 274 valence electrons. The molecule has 5 nitrogen and oxygen atoms in total. The van der Waals surface area contributed by atoms with Crippen molar-refractivity contribution in [3.8, 4) is 39.6 Å². The SMILES string of the molecule is Cc1ccnc(-n2c3[c-]c(Oc4[c-]c(N5[CH-]N(c6ccccc6F)c6ccccc65)cc(-c5ccccc5-c5ccccc5)c4)ccc3c3ccccc32)c1.[Pt]. The molecule has 1 aliphatic heterocycles. The summed E-state index contributed by atoms with van der Waals surface area (Å²) in [5.41, 5.74) is 10.1. The first-order valence-electron chi connectivity index (χ1n) is 18.1. The number of hydrogen-bond acceptors (Lipinski definition) is 4. The van der Waals surface area contributed by atoms with Crippen LogP contribution in [-0.2, 0) is 21.1 Å². The van der Waals surface area contributed by atoms with E-state index in [9.17, 15) is 0 Å². The van der Waals surface area contributed by atoms with Crippen molar-refractivity contribution >= 4 is 44.6 Å². The first-order valence-corrected chi connectivity index (χ1v) is 18.1. The number of pyridine rings is 1. The normalized spacial score (nSPS) is 12.2. The molecule has 0 atom stereocenters. The third-order valence-electron chi connectivity index (χ3n) is 10.1. The van der Waals surface area contributed by atoms with Gasteiger partial charge in [0.1, 0.15) is 11.6 Å². The van der Waals surface area contributed by atoms with Gasteiger partial charge in [-0.3, -0.25) is 0 Å². The quantitative estimate of drug-likeness (QED) is 0.149. The van der Waals surface area contributed by atoms with Crippen molar-refractivity contribution in [2.24, 2.45) is 0 Å². The third-order valence-corrected chi connectivity index (χ3v) is 10.1. The fourth-order valence-electron chi connectivity index (χ4n) is 7.55. The van der Waals surface area contributed by atoms with Crippen LogP contribution in [0.4, 0.5) is 27.1 Å². The second kappa shape index (κ2) is 14.6. The molecule has 0 N–H and O–H groups in total. The predicted octanol–water partition coefficient (Wildman–Crippen LogP) is 12.8. The standard InChI is InChI=1S/C49H32FN4O.Pt/c1-33-25-26-51-49(27-33)54-44-19-9-7-17-41(44)42-24-23-37(31-48(42)54)55-38-29-35(40-16-6-5-15-39(40)34-13-3-2-4-14-34)28-36(30-38)52-32-53(45-20-10-8-18-43(45)50)47-22-12-11-21-46(47)52;/h2-29,32H,1H3;/q-3;. The second-order valence-corrected chi connectivity index (χ2v) is 13.6. The second-order valence-electron chi connectivity index (χ2n) is 13.6. The first-order chi connectivity index (χ1) is 27.1. The Morgan fingerprint density at radius 2 is 1.27 bits per heavy atom. The summed E-state index contributed by atoms with van der Waals surface area (Å²) in [4.78, 5) is 8.66. The van der Waals surface area contributed by atoms with E-state index in [0.29, 0.717) is 17.2 Å². The number of anilines is 4. The van der Waals surface area contributed by atoms with Crippen molar-refractivity contribution in [1.82, 2.24) is 9.55 Å². The topological polar surface area (TPSA) is 33.5 Å². The Bertz CT molecular complexity index is 2890. The van der Waals surface area contributed by atoms with Crippen LogP contribution in [0.5, 0.6) is 11.5 Å². The fourth-order valence-corrected chi connectivity index (χ4v) is 7.55. The van der Waals surface area contributed by atoms with Gasteiger partial charge in [-0.05, 0) is 77.0 Å². The van der Waals surface area contributed by atoms with Gasteiger partial charge in [-0.2, -0.15) is 6.07 Å². The van der Waals surface area contributed by atoms with E-state index in [0.717, 1.165) is 72.5 Å². The maximum atomic E-state index is 15.3. The summed E-state index contributed by atoms with van der Waals surface area (Å²) in [7, 11) is 0. The van der Waals surface area contributed by atoms with Gasteiger partial charge in [-0.15, -0.1) is 53.6 Å². The van der Waals surface area contributed by atoms with E-state index >= 15 is 4.39 Å². The molecule has 2 aromatic heterocycles. The molecule has 0 saturated carbocycles. The molecule has 7 heteroatoms. The Balaban J connectivity index is 0.00000410. The Hall–Kier alpha value is -6.49. The van der Waals surface area contributed by atoms with E-state index in [1.807, 2.05) is 83.3 Å². The molecule has 7 aromatic carbocycles. The van der Waals surface area contributed by atoms with Crippen molar-refractivity contribution in [2.75, 3.05) is 9.80 Å². The largest absolute Gasteiger partial charge is 0.509 e. The van der Waals surface area contributed by atoms with E-state index in [1.54, 1.807) is 12.1 Å². The van der Waals surface area contributed by atoms with Crippen LogP contribution in [0.25, 0.3) is 49.9 Å². The summed E-state index contributed by atoms with van der Waals surface area (Å²) in [5, 5.41) is 2.16. The molecule has 10 rings (SSSR count). The minimum Gasteiger partial charge on any atom is -0.509 e. The smallest absolute Gasteiger partial charge is 0.144 e. The average Bonchev–Trinajstić information content (AvgIpc) is 3.77. The number of benzene rings is 7. The van der Waals surface area contributed by atoms with Crippen LogP contribution >= 0.6 is 0 Å². The first kappa shape index (κ1) is 35.2. The Labute approximate surface area is 339 Å². The van der Waals surface area contributed by atoms with Crippen molar-refractivity contribution in [3.05, 3.63) is 200 Å². The number of hydrogen-bond donors (Lipinski definition) is 0. The van der Waals surface area contributed by atoms with Crippen LogP contribution in [-0.4, -0.2) is 9.55 Å². The molecule has 3 heterocycles. The minimum absolute atomic E-state index is 0. The van der Waals surface area contributed by atoms with Crippen LogP contribution in [0.1, 0.15) is 5.56 Å². The number of aryl methyl sites for hydroxylation is 1. The predicted molar refractivity (Wildman–Crippen MR) is 220 cm³/mol. The molecule has 0 unspecified atom stereocenters. The minimum atomic E-state index is -0.307. The monoisotopic (exact) mass is 906 g/mol. The average molecular weight is 907 g/mol. The zero-order chi connectivity index (χ0) is 36.9. The van der Waals surface area contributed by atoms with Gasteiger partial charge in [0.25, 0.3) is 0 Å². The molecule has 0 fully saturated rings. The molecular weight excluding hydrogens is 875 g/mol.